The van der Waals surface area contributed by atoms with Gasteiger partial charge < -0.3 is 14.8 Å². The number of nitrogens with zero attached hydrogens (tertiary/aromatic N) is 2. The normalized spacial score (nSPS) is 14.4. The molecule has 4 nitrogen and oxygen atoms in total. The molecule has 3 aromatic rings. The summed E-state index contributed by atoms with van der Waals surface area (Å²) in [5.41, 5.74) is 5.52. The maximum atomic E-state index is 12.9. The highest BCUT2D eigenvalue weighted by Crippen LogP contribution is 2.29. The summed E-state index contributed by atoms with van der Waals surface area (Å²) in [6.45, 7) is 1.40. The summed E-state index contributed by atoms with van der Waals surface area (Å²) < 4.78 is 0. The molecule has 132 valence electrons. The van der Waals surface area contributed by atoms with Crippen LogP contribution in [0.25, 0.3) is 16.5 Å². The van der Waals surface area contributed by atoms with Crippen LogP contribution in [0.15, 0.2) is 60.8 Å². The van der Waals surface area contributed by atoms with E-state index in [4.69, 9.17) is 0 Å². The molecule has 0 radical (unpaired) electrons. The van der Waals surface area contributed by atoms with E-state index in [2.05, 4.69) is 35.5 Å². The molecular weight excluding hydrogens is 322 g/mol. The molecule has 4 heteroatoms. The van der Waals surface area contributed by atoms with E-state index in [9.17, 15) is 4.79 Å². The van der Waals surface area contributed by atoms with Gasteiger partial charge >= 0.3 is 0 Å². The Bertz CT molecular complexity index is 984. The molecule has 1 aromatic heterocycles. The maximum absolute atomic E-state index is 12.9. The first-order valence-electron chi connectivity index (χ1n) is 8.95. The summed E-state index contributed by atoms with van der Waals surface area (Å²) in [7, 11) is 3.97. The number of nitrogens with one attached hydrogen (secondary N) is 1. The van der Waals surface area contributed by atoms with E-state index in [-0.39, 0.29) is 5.91 Å². The first-order valence-corrected chi connectivity index (χ1v) is 8.95. The van der Waals surface area contributed by atoms with E-state index in [1.165, 1.54) is 16.5 Å². The number of H-pyrrole nitrogens is 1. The lowest BCUT2D eigenvalue weighted by molar-refractivity contribution is 0.0773. The number of aromatic nitrogens is 1. The van der Waals surface area contributed by atoms with Crippen molar-refractivity contribution in [2.24, 2.45) is 0 Å². The highest BCUT2D eigenvalue weighted by molar-refractivity contribution is 5.97. The summed E-state index contributed by atoms with van der Waals surface area (Å²) in [6.07, 6.45) is 5.14. The molecule has 4 rings (SSSR count). The van der Waals surface area contributed by atoms with Gasteiger partial charge in [-0.25, -0.2) is 0 Å². The Labute approximate surface area is 153 Å². The van der Waals surface area contributed by atoms with Crippen LogP contribution in [0.5, 0.6) is 0 Å². The molecule has 1 N–H and O–H groups in total. The first-order chi connectivity index (χ1) is 12.6. The van der Waals surface area contributed by atoms with Gasteiger partial charge in [0.2, 0.25) is 0 Å². The number of aromatic amines is 1. The van der Waals surface area contributed by atoms with Gasteiger partial charge in [0.15, 0.2) is 0 Å². The molecular formula is C22H23N3O. The predicted molar refractivity (Wildman–Crippen MR) is 108 cm³/mol. The molecule has 1 amide bonds. The number of anilines is 1. The number of carbonyl (C=O) groups excluding carboxylic acids is 1. The molecule has 0 aliphatic carbocycles. The molecule has 26 heavy (non-hydrogen) atoms. The second kappa shape index (κ2) is 6.71. The van der Waals surface area contributed by atoms with Crippen molar-refractivity contribution in [3.8, 4) is 0 Å². The number of hydrogen-bond donors (Lipinski definition) is 1. The molecule has 0 atom stereocenters. The zero-order valence-corrected chi connectivity index (χ0v) is 15.2. The van der Waals surface area contributed by atoms with Crippen molar-refractivity contribution in [3.05, 3.63) is 71.9 Å². The summed E-state index contributed by atoms with van der Waals surface area (Å²) >= 11 is 0. The summed E-state index contributed by atoms with van der Waals surface area (Å²) in [5.74, 6) is 0.0999. The third-order valence-electron chi connectivity index (χ3n) is 5.04. The van der Waals surface area contributed by atoms with Gasteiger partial charge in [0.25, 0.3) is 5.91 Å². The van der Waals surface area contributed by atoms with Gasteiger partial charge in [0, 0.05) is 61.1 Å². The van der Waals surface area contributed by atoms with Crippen molar-refractivity contribution in [1.82, 2.24) is 9.88 Å². The monoisotopic (exact) mass is 345 g/mol. The van der Waals surface area contributed by atoms with Crippen molar-refractivity contribution in [1.29, 1.82) is 0 Å². The molecule has 1 aliphatic heterocycles. The molecule has 2 heterocycles. The molecule has 1 aliphatic rings. The van der Waals surface area contributed by atoms with Crippen LogP contribution in [0.1, 0.15) is 22.3 Å². The van der Waals surface area contributed by atoms with E-state index < -0.39 is 0 Å². The Morgan fingerprint density at radius 3 is 2.73 bits per heavy atom. The van der Waals surface area contributed by atoms with Crippen molar-refractivity contribution >= 4 is 28.1 Å². The number of amides is 1. The second-order valence-electron chi connectivity index (χ2n) is 6.92. The van der Waals surface area contributed by atoms with Crippen LogP contribution in [0.2, 0.25) is 0 Å². The zero-order valence-electron chi connectivity index (χ0n) is 15.2. The van der Waals surface area contributed by atoms with Gasteiger partial charge in [-0.3, -0.25) is 4.79 Å². The molecule has 2 aromatic carbocycles. The van der Waals surface area contributed by atoms with E-state index in [0.29, 0.717) is 6.54 Å². The molecule has 0 fully saturated rings. The van der Waals surface area contributed by atoms with E-state index >= 15 is 0 Å². The van der Waals surface area contributed by atoms with E-state index in [0.717, 1.165) is 29.7 Å². The van der Waals surface area contributed by atoms with Crippen LogP contribution < -0.4 is 4.90 Å². The lowest BCUT2D eigenvalue weighted by Crippen LogP contribution is -2.34. The Balaban J connectivity index is 1.54. The highest BCUT2D eigenvalue weighted by Gasteiger charge is 2.20. The van der Waals surface area contributed by atoms with Gasteiger partial charge in [0.1, 0.15) is 0 Å². The SMILES string of the molecule is CN(C)c1cccc(C(=O)N2CC=C(c3c[nH]c4ccccc34)CC2)c1. The summed E-state index contributed by atoms with van der Waals surface area (Å²) in [5, 5.41) is 1.25. The molecule has 0 bridgehead atoms. The topological polar surface area (TPSA) is 39.3 Å². The van der Waals surface area contributed by atoms with Gasteiger partial charge in [-0.05, 0) is 36.3 Å². The number of hydrogen-bond acceptors (Lipinski definition) is 2. The largest absolute Gasteiger partial charge is 0.378 e. The Kier molecular flexibility index (Phi) is 4.25. The van der Waals surface area contributed by atoms with E-state index in [1.807, 2.05) is 54.2 Å². The Morgan fingerprint density at radius 2 is 1.96 bits per heavy atom. The molecule has 0 spiro atoms. The minimum atomic E-state index is 0.0999. The van der Waals surface area contributed by atoms with Crippen LogP contribution in [-0.2, 0) is 0 Å². The van der Waals surface area contributed by atoms with Gasteiger partial charge in [-0.15, -0.1) is 0 Å². The van der Waals surface area contributed by atoms with Gasteiger partial charge in [-0.2, -0.15) is 0 Å². The lowest BCUT2D eigenvalue weighted by Gasteiger charge is -2.27. The van der Waals surface area contributed by atoms with Crippen molar-refractivity contribution in [3.63, 3.8) is 0 Å². The highest BCUT2D eigenvalue weighted by atomic mass is 16.2. The zero-order chi connectivity index (χ0) is 18.1. The van der Waals surface area contributed by atoms with Gasteiger partial charge in [0.05, 0.1) is 0 Å². The van der Waals surface area contributed by atoms with Crippen LogP contribution >= 0.6 is 0 Å². The molecule has 0 saturated carbocycles. The van der Waals surface area contributed by atoms with Crippen LogP contribution in [0, 0.1) is 0 Å². The quantitative estimate of drug-likeness (QED) is 0.774. The molecule has 0 unspecified atom stereocenters. The fourth-order valence-corrected chi connectivity index (χ4v) is 3.54. The average Bonchev–Trinajstić information content (AvgIpc) is 3.12. The first kappa shape index (κ1) is 16.5. The number of fused-ring (bicyclic) bond motifs is 1. The van der Waals surface area contributed by atoms with Crippen molar-refractivity contribution in [2.45, 2.75) is 6.42 Å². The predicted octanol–water partition coefficient (Wildman–Crippen LogP) is 4.16. The maximum Gasteiger partial charge on any atom is 0.254 e. The summed E-state index contributed by atoms with van der Waals surface area (Å²) in [4.78, 5) is 20.1. The van der Waals surface area contributed by atoms with E-state index in [1.54, 1.807) is 0 Å². The number of carbonyl (C=O) groups is 1. The van der Waals surface area contributed by atoms with Crippen LogP contribution in [0.3, 0.4) is 0 Å². The van der Waals surface area contributed by atoms with Crippen LogP contribution in [0.4, 0.5) is 5.69 Å². The Hall–Kier alpha value is -3.01. The van der Waals surface area contributed by atoms with Gasteiger partial charge in [-0.1, -0.05) is 30.3 Å². The molecule has 0 saturated heterocycles. The smallest absolute Gasteiger partial charge is 0.254 e. The third kappa shape index (κ3) is 2.99. The fourth-order valence-electron chi connectivity index (χ4n) is 3.54. The fraction of sp³-hybridized carbons (Fsp3) is 0.227. The Morgan fingerprint density at radius 1 is 1.12 bits per heavy atom. The number of para-hydroxylation sites is 1. The summed E-state index contributed by atoms with van der Waals surface area (Å²) in [6, 6.07) is 16.2. The third-order valence-corrected chi connectivity index (χ3v) is 5.04. The van der Waals surface area contributed by atoms with Crippen molar-refractivity contribution in [2.75, 3.05) is 32.1 Å². The standard InChI is InChI=1S/C22H23N3O/c1-24(2)18-7-5-6-17(14-18)22(26)25-12-10-16(11-13-25)20-15-23-21-9-4-3-8-19(20)21/h3-10,14-15,23H,11-13H2,1-2H3. The van der Waals surface area contributed by atoms with Crippen LogP contribution in [-0.4, -0.2) is 43.0 Å². The number of benzene rings is 2. The lowest BCUT2D eigenvalue weighted by atomic mass is 9.98. The minimum absolute atomic E-state index is 0.0999. The average molecular weight is 345 g/mol. The second-order valence-corrected chi connectivity index (χ2v) is 6.92. The number of rotatable bonds is 3. The van der Waals surface area contributed by atoms with Crippen molar-refractivity contribution < 1.29 is 4.79 Å². The minimum Gasteiger partial charge on any atom is -0.378 e.